The molecule has 0 spiro atoms. The number of ketones is 1. The van der Waals surface area contributed by atoms with Crippen molar-refractivity contribution in [1.82, 2.24) is 31.1 Å². The molecule has 0 bridgehead atoms. The van der Waals surface area contributed by atoms with Gasteiger partial charge in [0, 0.05) is 44.7 Å². The number of amides is 6. The fourth-order valence-electron chi connectivity index (χ4n) is 11.0. The molecule has 4 aromatic rings. The van der Waals surface area contributed by atoms with Gasteiger partial charge in [0.05, 0.1) is 53.2 Å². The predicted molar refractivity (Wildman–Crippen MR) is 321 cm³/mol. The Bertz CT molecular complexity index is 2680. The number of methoxy groups -OCH3 is 4. The number of carbonyl (C=O) groups excluding carboxylic acids is 5. The number of hydrogen-bond donors (Lipinski definition) is 4. The largest absolute Gasteiger partial charge is 0.493 e. The third-order valence-electron chi connectivity index (χ3n) is 16.0. The maximum atomic E-state index is 14.3. The van der Waals surface area contributed by atoms with E-state index in [4.69, 9.17) is 33.2 Å². The topological polar surface area (TPSA) is 205 Å². The van der Waals surface area contributed by atoms with E-state index in [-0.39, 0.29) is 92.5 Å². The SMILES string of the molecule is CCC(CC)NC(=O)N1CCCC[C@H]1CO[C@H](CCc1ccc(OC)c(OC)c1)c1cccc(OCC(=O)NCCNC(=O)COc2cccc([C@@H](CCc3ccc(OC)c(OC)c3)CC(=O)[C@@H]3CCCCN3C(=O)NC(CC)CC)c2)c1. The molecule has 4 atom stereocenters. The van der Waals surface area contributed by atoms with Crippen LogP contribution in [0.15, 0.2) is 84.9 Å². The van der Waals surface area contributed by atoms with Gasteiger partial charge in [0.1, 0.15) is 11.5 Å². The van der Waals surface area contributed by atoms with Gasteiger partial charge < -0.3 is 64.2 Å². The maximum absolute atomic E-state index is 14.3. The molecule has 0 radical (unpaired) electrons. The summed E-state index contributed by atoms with van der Waals surface area (Å²) in [5.41, 5.74) is 3.84. The summed E-state index contributed by atoms with van der Waals surface area (Å²) in [5.74, 6) is 2.60. The van der Waals surface area contributed by atoms with Crippen molar-refractivity contribution in [3.05, 3.63) is 107 Å². The van der Waals surface area contributed by atoms with Crippen LogP contribution in [0.5, 0.6) is 34.5 Å². The number of hydrogen-bond acceptors (Lipinski definition) is 12. The number of likely N-dealkylation sites (tertiary alicyclic amines) is 2. The van der Waals surface area contributed by atoms with Crippen LogP contribution in [0.3, 0.4) is 0 Å². The normalized spacial score (nSPS) is 15.9. The van der Waals surface area contributed by atoms with Gasteiger partial charge in [-0.2, -0.15) is 0 Å². The lowest BCUT2D eigenvalue weighted by Crippen LogP contribution is -2.53. The number of nitrogens with one attached hydrogen (secondary N) is 4. The molecule has 6 amide bonds. The summed E-state index contributed by atoms with van der Waals surface area (Å²) in [6.07, 6.45) is 11.0. The highest BCUT2D eigenvalue weighted by molar-refractivity contribution is 5.89. The summed E-state index contributed by atoms with van der Waals surface area (Å²) >= 11 is 0. The van der Waals surface area contributed by atoms with Crippen molar-refractivity contribution < 1.29 is 57.1 Å². The Balaban J connectivity index is 1.02. The van der Waals surface area contributed by atoms with E-state index in [0.29, 0.717) is 86.3 Å². The van der Waals surface area contributed by atoms with Crippen molar-refractivity contribution in [3.63, 3.8) is 0 Å². The summed E-state index contributed by atoms with van der Waals surface area (Å²) < 4.78 is 40.8. The van der Waals surface area contributed by atoms with Crippen molar-refractivity contribution in [2.24, 2.45) is 0 Å². The van der Waals surface area contributed by atoms with Crippen LogP contribution >= 0.6 is 0 Å². The quantitative estimate of drug-likeness (QED) is 0.0329. The second kappa shape index (κ2) is 34.4. The number of piperidine rings is 2. The molecule has 0 saturated carbocycles. The van der Waals surface area contributed by atoms with Gasteiger partial charge in [-0.25, -0.2) is 9.59 Å². The van der Waals surface area contributed by atoms with Gasteiger partial charge in [0.2, 0.25) is 0 Å². The van der Waals surface area contributed by atoms with E-state index in [1.165, 1.54) is 0 Å². The molecule has 83 heavy (non-hydrogen) atoms. The molecule has 2 fully saturated rings. The Kier molecular flexibility index (Phi) is 26.9. The van der Waals surface area contributed by atoms with Crippen LogP contribution in [0, 0.1) is 0 Å². The van der Waals surface area contributed by atoms with Gasteiger partial charge in [0.25, 0.3) is 11.8 Å². The van der Waals surface area contributed by atoms with Crippen molar-refractivity contribution in [3.8, 4) is 34.5 Å². The van der Waals surface area contributed by atoms with Crippen LogP contribution in [0.1, 0.15) is 145 Å². The van der Waals surface area contributed by atoms with Crippen molar-refractivity contribution in [2.45, 2.75) is 160 Å². The fourth-order valence-corrected chi connectivity index (χ4v) is 11.0. The zero-order valence-electron chi connectivity index (χ0n) is 50.4. The highest BCUT2D eigenvalue weighted by Crippen LogP contribution is 2.35. The zero-order chi connectivity index (χ0) is 59.5. The second-order valence-electron chi connectivity index (χ2n) is 21.5. The third-order valence-corrected chi connectivity index (χ3v) is 16.0. The summed E-state index contributed by atoms with van der Waals surface area (Å²) in [4.78, 5) is 71.1. The minimum absolute atomic E-state index is 0.0210. The molecule has 0 unspecified atom stereocenters. The Morgan fingerprint density at radius 3 is 1.59 bits per heavy atom. The summed E-state index contributed by atoms with van der Waals surface area (Å²) in [6.45, 7) is 9.66. The van der Waals surface area contributed by atoms with E-state index < -0.39 is 6.04 Å². The summed E-state index contributed by atoms with van der Waals surface area (Å²) in [7, 11) is 6.43. The average molecular weight is 1150 g/mol. The lowest BCUT2D eigenvalue weighted by atomic mass is 9.85. The van der Waals surface area contributed by atoms with Crippen molar-refractivity contribution >= 4 is 29.7 Å². The molecule has 6 rings (SSSR count). The van der Waals surface area contributed by atoms with Crippen LogP contribution < -0.4 is 49.7 Å². The highest BCUT2D eigenvalue weighted by Gasteiger charge is 2.34. The molecule has 454 valence electrons. The van der Waals surface area contributed by atoms with Gasteiger partial charge in [-0.15, -0.1) is 0 Å². The number of aryl methyl sites for hydroxylation is 2. The summed E-state index contributed by atoms with van der Waals surface area (Å²) in [5, 5.41) is 12.0. The molecule has 2 saturated heterocycles. The minimum Gasteiger partial charge on any atom is -0.493 e. The molecule has 18 heteroatoms. The Labute approximate surface area is 492 Å². The van der Waals surface area contributed by atoms with Crippen molar-refractivity contribution in [2.75, 3.05) is 74.4 Å². The Morgan fingerprint density at radius 2 is 1.05 bits per heavy atom. The number of ether oxygens (including phenoxy) is 7. The predicted octanol–water partition coefficient (Wildman–Crippen LogP) is 10.3. The third kappa shape index (κ3) is 20.0. The molecular formula is C65H92N6O12. The Morgan fingerprint density at radius 1 is 0.554 bits per heavy atom. The van der Waals surface area contributed by atoms with E-state index in [2.05, 4.69) is 35.1 Å². The first-order chi connectivity index (χ1) is 40.3. The first-order valence-electron chi connectivity index (χ1n) is 30.0. The lowest BCUT2D eigenvalue weighted by molar-refractivity contribution is -0.125. The molecule has 0 aromatic heterocycles. The van der Waals surface area contributed by atoms with E-state index >= 15 is 0 Å². The molecule has 18 nitrogen and oxygen atoms in total. The van der Waals surface area contributed by atoms with E-state index in [1.807, 2.05) is 91.5 Å². The molecule has 2 aliphatic heterocycles. The number of nitrogens with zero attached hydrogens (tertiary/aromatic N) is 2. The van der Waals surface area contributed by atoms with Gasteiger partial charge in [-0.1, -0.05) is 64.1 Å². The summed E-state index contributed by atoms with van der Waals surface area (Å²) in [6, 6.07) is 26.1. The van der Waals surface area contributed by atoms with Gasteiger partial charge >= 0.3 is 12.1 Å². The fraction of sp³-hybridized carbons (Fsp3) is 0.554. The molecule has 4 aromatic carbocycles. The maximum Gasteiger partial charge on any atom is 0.318 e. The van der Waals surface area contributed by atoms with Gasteiger partial charge in [-0.05, 0) is 167 Å². The smallest absolute Gasteiger partial charge is 0.318 e. The minimum atomic E-state index is -0.516. The number of rotatable bonds is 33. The lowest BCUT2D eigenvalue weighted by Gasteiger charge is -2.37. The molecule has 2 aliphatic rings. The van der Waals surface area contributed by atoms with E-state index in [9.17, 15) is 24.0 Å². The van der Waals surface area contributed by atoms with E-state index in [1.54, 1.807) is 45.5 Å². The van der Waals surface area contributed by atoms with Crippen LogP contribution in [0.2, 0.25) is 0 Å². The van der Waals surface area contributed by atoms with Crippen LogP contribution in [0.4, 0.5) is 9.59 Å². The van der Waals surface area contributed by atoms with E-state index in [0.717, 1.165) is 80.0 Å². The Hall–Kier alpha value is -7.21. The van der Waals surface area contributed by atoms with Gasteiger partial charge in [-0.3, -0.25) is 14.4 Å². The highest BCUT2D eigenvalue weighted by atomic mass is 16.5. The number of carbonyl (C=O) groups is 5. The van der Waals surface area contributed by atoms with Crippen LogP contribution in [-0.4, -0.2) is 138 Å². The monoisotopic (exact) mass is 1150 g/mol. The first kappa shape index (κ1) is 65.0. The van der Waals surface area contributed by atoms with Gasteiger partial charge in [0.15, 0.2) is 42.0 Å². The van der Waals surface area contributed by atoms with Crippen LogP contribution in [0.25, 0.3) is 0 Å². The van der Waals surface area contributed by atoms with Crippen LogP contribution in [-0.2, 0) is 32.0 Å². The molecule has 0 aliphatic carbocycles. The average Bonchev–Trinajstić information content (AvgIpc) is 3.55. The zero-order valence-corrected chi connectivity index (χ0v) is 50.4. The van der Waals surface area contributed by atoms with Crippen molar-refractivity contribution in [1.29, 1.82) is 0 Å². The molecular weight excluding hydrogens is 1060 g/mol. The number of benzene rings is 4. The first-order valence-corrected chi connectivity index (χ1v) is 30.0. The number of urea groups is 2. The second-order valence-corrected chi connectivity index (χ2v) is 21.5. The number of Topliss-reactive ketones (excluding diaryl/α,β-unsaturated/α-hetero) is 1. The standard InChI is InChI=1S/C65H92N6O12/c1-9-50(10-2)68-64(75)70-35-15-13-21-52(70)42-83-57(30-26-46-28-32-59(78-6)61(38-46)80-8)49-20-18-23-54(40-49)82-44-63(74)67-34-33-66-62(73)43-81-53-22-17-19-47(39-53)48(29-25-45-27-31-58(77-5)60(37-45)79-7)41-56(72)55-24-14-16-36-71(55)65(76)69-51(11-3)12-4/h17-20,22-23,27-28,31-32,37-40,48,50-52,55,57H,9-16,21,24-26,29-30,33-36,41-44H2,1-8H3,(H,66,73)(H,67,74)(H,68,75)(H,69,76)/t48-,52-,55-,57+/m0/s1. The molecule has 4 N–H and O–H groups in total. The molecule has 2 heterocycles.